The number of imide groups is 1. The molecule has 0 N–H and O–H groups in total. The van der Waals surface area contributed by atoms with E-state index in [1.807, 2.05) is 0 Å². The molecule has 10 heteroatoms. The molecule has 28 heavy (non-hydrogen) atoms. The van der Waals surface area contributed by atoms with Gasteiger partial charge in [-0.2, -0.15) is 0 Å². The van der Waals surface area contributed by atoms with Crippen LogP contribution in [0.3, 0.4) is 0 Å². The summed E-state index contributed by atoms with van der Waals surface area (Å²) >= 11 is 6.61. The molecule has 144 valence electrons. The molecule has 1 saturated heterocycles. The quantitative estimate of drug-likeness (QED) is 0.368. The number of furan rings is 1. The van der Waals surface area contributed by atoms with Gasteiger partial charge >= 0.3 is 5.88 Å². The third-order valence-electron chi connectivity index (χ3n) is 3.57. The Balaban J connectivity index is 1.56. The highest BCUT2D eigenvalue weighted by Crippen LogP contribution is 2.30. The molecule has 0 saturated carbocycles. The van der Waals surface area contributed by atoms with Crippen LogP contribution in [0.2, 0.25) is 5.02 Å². The Kier molecular flexibility index (Phi) is 6.17. The van der Waals surface area contributed by atoms with Gasteiger partial charge in [-0.3, -0.25) is 24.6 Å². The standard InChI is InChI=1S/C18H13ClN2O6S/c19-12-4-6-13(7-5-12)26-11-10-20-17(22)15(28-18(20)23)3-1-2-14-8-9-16(27-14)21(24)25/h1-9H,10-11H2/b2-1+,15-3-. The number of carbonyl (C=O) groups is 2. The van der Waals surface area contributed by atoms with Gasteiger partial charge in [0.15, 0.2) is 0 Å². The molecule has 0 radical (unpaired) electrons. The molecule has 0 spiro atoms. The van der Waals surface area contributed by atoms with Gasteiger partial charge < -0.3 is 9.15 Å². The lowest BCUT2D eigenvalue weighted by Crippen LogP contribution is -2.32. The van der Waals surface area contributed by atoms with Gasteiger partial charge in [-0.25, -0.2) is 0 Å². The molecule has 2 aromatic rings. The molecule has 0 atom stereocenters. The predicted octanol–water partition coefficient (Wildman–Crippen LogP) is 4.51. The van der Waals surface area contributed by atoms with E-state index >= 15 is 0 Å². The first-order chi connectivity index (χ1) is 13.4. The number of allylic oxidation sites excluding steroid dienone is 2. The molecule has 1 fully saturated rings. The number of rotatable bonds is 7. The normalized spacial score (nSPS) is 15.8. The molecule has 1 aromatic carbocycles. The highest BCUT2D eigenvalue weighted by atomic mass is 35.5. The second-order valence-electron chi connectivity index (χ2n) is 5.45. The van der Waals surface area contributed by atoms with E-state index in [1.54, 1.807) is 24.3 Å². The molecule has 2 amide bonds. The lowest BCUT2D eigenvalue weighted by atomic mass is 10.3. The van der Waals surface area contributed by atoms with Crippen molar-refractivity contribution in [2.75, 3.05) is 13.2 Å². The number of carbonyl (C=O) groups excluding carboxylic acids is 2. The van der Waals surface area contributed by atoms with Gasteiger partial charge in [-0.1, -0.05) is 17.7 Å². The van der Waals surface area contributed by atoms with Crippen molar-refractivity contribution in [3.05, 3.63) is 74.4 Å². The van der Waals surface area contributed by atoms with E-state index in [1.165, 1.54) is 30.4 Å². The number of nitro groups is 1. The Morgan fingerprint density at radius 3 is 2.64 bits per heavy atom. The summed E-state index contributed by atoms with van der Waals surface area (Å²) in [5.41, 5.74) is 0. The molecular weight excluding hydrogens is 408 g/mol. The summed E-state index contributed by atoms with van der Waals surface area (Å²) in [6.45, 7) is 0.261. The van der Waals surface area contributed by atoms with Crippen molar-refractivity contribution in [3.8, 4) is 5.75 Å². The SMILES string of the molecule is O=C1S/C(=C\C=C\c2ccc([N+](=O)[O-])o2)C(=O)N1CCOc1ccc(Cl)cc1. The van der Waals surface area contributed by atoms with Crippen LogP contribution in [0.15, 0.2) is 57.9 Å². The first-order valence-corrected chi connectivity index (χ1v) is 9.18. The van der Waals surface area contributed by atoms with Crippen molar-refractivity contribution in [2.24, 2.45) is 0 Å². The average molecular weight is 421 g/mol. The van der Waals surface area contributed by atoms with E-state index in [4.69, 9.17) is 20.8 Å². The highest BCUT2D eigenvalue weighted by Gasteiger charge is 2.34. The largest absolute Gasteiger partial charge is 0.492 e. The van der Waals surface area contributed by atoms with Crippen LogP contribution in [-0.4, -0.2) is 34.1 Å². The number of nitrogens with zero attached hydrogens (tertiary/aromatic N) is 2. The molecule has 0 unspecified atom stereocenters. The van der Waals surface area contributed by atoms with E-state index in [2.05, 4.69) is 0 Å². The van der Waals surface area contributed by atoms with Gasteiger partial charge in [-0.15, -0.1) is 0 Å². The fraction of sp³-hybridized carbons (Fsp3) is 0.111. The van der Waals surface area contributed by atoms with Gasteiger partial charge in [0.1, 0.15) is 23.0 Å². The first-order valence-electron chi connectivity index (χ1n) is 7.98. The average Bonchev–Trinajstić information content (AvgIpc) is 3.24. The van der Waals surface area contributed by atoms with Crippen LogP contribution in [0.5, 0.6) is 5.75 Å². The summed E-state index contributed by atoms with van der Waals surface area (Å²) in [5.74, 6) is 0.0476. The van der Waals surface area contributed by atoms with Crippen molar-refractivity contribution in [1.82, 2.24) is 4.90 Å². The summed E-state index contributed by atoms with van der Waals surface area (Å²) in [6, 6.07) is 9.41. The van der Waals surface area contributed by atoms with Crippen LogP contribution in [0.25, 0.3) is 6.08 Å². The van der Waals surface area contributed by atoms with Crippen LogP contribution in [0, 0.1) is 10.1 Å². The Labute approximate surface area is 168 Å². The third-order valence-corrected chi connectivity index (χ3v) is 4.75. The summed E-state index contributed by atoms with van der Waals surface area (Å²) in [4.78, 5) is 35.6. The number of hydrogen-bond acceptors (Lipinski definition) is 7. The predicted molar refractivity (Wildman–Crippen MR) is 104 cm³/mol. The fourth-order valence-electron chi connectivity index (χ4n) is 2.25. The van der Waals surface area contributed by atoms with E-state index in [0.29, 0.717) is 10.8 Å². The Bertz CT molecular complexity index is 967. The molecule has 1 aromatic heterocycles. The molecular formula is C18H13ClN2O6S. The Hall–Kier alpha value is -3.04. The Morgan fingerprint density at radius 2 is 1.96 bits per heavy atom. The smallest absolute Gasteiger partial charge is 0.433 e. The van der Waals surface area contributed by atoms with E-state index < -0.39 is 16.1 Å². The molecule has 2 heterocycles. The van der Waals surface area contributed by atoms with Crippen LogP contribution in [-0.2, 0) is 4.79 Å². The third kappa shape index (κ3) is 4.81. The molecule has 1 aliphatic heterocycles. The topological polar surface area (TPSA) is 103 Å². The molecule has 3 rings (SSSR count). The van der Waals surface area contributed by atoms with Gasteiger partial charge in [0.25, 0.3) is 11.1 Å². The van der Waals surface area contributed by atoms with Gasteiger partial charge in [0.05, 0.1) is 17.5 Å². The molecule has 8 nitrogen and oxygen atoms in total. The summed E-state index contributed by atoms with van der Waals surface area (Å²) < 4.78 is 10.5. The van der Waals surface area contributed by atoms with Crippen LogP contribution in [0.1, 0.15) is 5.76 Å². The van der Waals surface area contributed by atoms with Gasteiger partial charge in [-0.05, 0) is 54.2 Å². The maximum Gasteiger partial charge on any atom is 0.433 e. The summed E-state index contributed by atoms with van der Waals surface area (Å²) in [6.07, 6.45) is 4.41. The monoisotopic (exact) mass is 420 g/mol. The lowest BCUT2D eigenvalue weighted by Gasteiger charge is -2.13. The minimum atomic E-state index is -0.644. The van der Waals surface area contributed by atoms with E-state index in [-0.39, 0.29) is 29.7 Å². The molecule has 0 aliphatic carbocycles. The summed E-state index contributed by atoms with van der Waals surface area (Å²) in [5, 5.41) is 10.8. The minimum Gasteiger partial charge on any atom is -0.492 e. The van der Waals surface area contributed by atoms with Crippen molar-refractivity contribution in [1.29, 1.82) is 0 Å². The van der Waals surface area contributed by atoms with Crippen molar-refractivity contribution in [2.45, 2.75) is 0 Å². The lowest BCUT2D eigenvalue weighted by molar-refractivity contribution is -0.402. The zero-order valence-corrected chi connectivity index (χ0v) is 15.8. The summed E-state index contributed by atoms with van der Waals surface area (Å²) in [7, 11) is 0. The zero-order chi connectivity index (χ0) is 20.1. The minimum absolute atomic E-state index is 0.110. The Morgan fingerprint density at radius 1 is 1.21 bits per heavy atom. The number of thioether (sulfide) groups is 1. The first kappa shape index (κ1) is 19.7. The van der Waals surface area contributed by atoms with Crippen LogP contribution < -0.4 is 4.74 Å². The van der Waals surface area contributed by atoms with Crippen LogP contribution >= 0.6 is 23.4 Å². The van der Waals surface area contributed by atoms with Crippen molar-refractivity contribution >= 4 is 46.5 Å². The number of amides is 2. The van der Waals surface area contributed by atoms with Crippen molar-refractivity contribution < 1.29 is 23.7 Å². The van der Waals surface area contributed by atoms with Crippen molar-refractivity contribution in [3.63, 3.8) is 0 Å². The zero-order valence-electron chi connectivity index (χ0n) is 14.2. The van der Waals surface area contributed by atoms with Crippen LogP contribution in [0.4, 0.5) is 10.7 Å². The number of hydrogen-bond donors (Lipinski definition) is 0. The van der Waals surface area contributed by atoms with Gasteiger partial charge in [0, 0.05) is 5.02 Å². The van der Waals surface area contributed by atoms with E-state index in [0.717, 1.165) is 16.7 Å². The molecule has 1 aliphatic rings. The maximum absolute atomic E-state index is 12.3. The second kappa shape index (κ2) is 8.77. The fourth-order valence-corrected chi connectivity index (χ4v) is 3.20. The number of benzene rings is 1. The second-order valence-corrected chi connectivity index (χ2v) is 6.88. The van der Waals surface area contributed by atoms with E-state index in [9.17, 15) is 19.7 Å². The molecule has 0 bridgehead atoms. The number of halogens is 1. The highest BCUT2D eigenvalue weighted by molar-refractivity contribution is 8.18. The number of ether oxygens (including phenoxy) is 1. The van der Waals surface area contributed by atoms with Gasteiger partial charge in [0.2, 0.25) is 0 Å². The maximum atomic E-state index is 12.3.